The van der Waals surface area contributed by atoms with Crippen LogP contribution < -0.4 is 5.32 Å². The minimum absolute atomic E-state index is 0.387. The zero-order chi connectivity index (χ0) is 14.3. The highest BCUT2D eigenvalue weighted by Crippen LogP contribution is 2.43. The van der Waals surface area contributed by atoms with Crippen molar-refractivity contribution in [3.63, 3.8) is 0 Å². The summed E-state index contributed by atoms with van der Waals surface area (Å²) >= 11 is 0. The molecule has 0 aromatic heterocycles. The van der Waals surface area contributed by atoms with Gasteiger partial charge in [0.2, 0.25) is 0 Å². The van der Waals surface area contributed by atoms with E-state index in [1.54, 1.807) is 0 Å². The Labute approximate surface area is 125 Å². The van der Waals surface area contributed by atoms with Gasteiger partial charge in [-0.2, -0.15) is 0 Å². The minimum Gasteiger partial charge on any atom is -0.308 e. The Balaban J connectivity index is 1.74. The maximum Gasteiger partial charge on any atom is 0.0309 e. The fraction of sp³-hybridized carbons (Fsp3) is 1.00. The van der Waals surface area contributed by atoms with Crippen LogP contribution in [0.15, 0.2) is 0 Å². The van der Waals surface area contributed by atoms with Crippen molar-refractivity contribution in [3.05, 3.63) is 0 Å². The molecule has 2 aliphatic carbocycles. The third kappa shape index (κ3) is 2.78. The van der Waals surface area contributed by atoms with Gasteiger partial charge < -0.3 is 5.32 Å². The Morgan fingerprint density at radius 1 is 1.05 bits per heavy atom. The van der Waals surface area contributed by atoms with E-state index in [4.69, 9.17) is 0 Å². The Morgan fingerprint density at radius 3 is 2.25 bits per heavy atom. The summed E-state index contributed by atoms with van der Waals surface area (Å²) in [4.78, 5) is 2.90. The van der Waals surface area contributed by atoms with Gasteiger partial charge in [-0.25, -0.2) is 0 Å². The number of hydrogen-bond acceptors (Lipinski definition) is 2. The van der Waals surface area contributed by atoms with Crippen molar-refractivity contribution in [1.29, 1.82) is 0 Å². The monoisotopic (exact) mass is 278 g/mol. The molecule has 3 unspecified atom stereocenters. The molecule has 2 heteroatoms. The van der Waals surface area contributed by atoms with Crippen LogP contribution in [0.4, 0.5) is 0 Å². The van der Waals surface area contributed by atoms with Crippen molar-refractivity contribution in [2.45, 2.75) is 83.8 Å². The van der Waals surface area contributed by atoms with Crippen molar-refractivity contribution < 1.29 is 0 Å². The quantitative estimate of drug-likeness (QED) is 0.844. The maximum atomic E-state index is 3.92. The standard InChI is InChI=1S/C18H34N2/c1-13(2)17-11-19-18(4,16-9-10-16)12-20(17)14(3)15-7-5-6-8-15/h13-17,19H,5-12H2,1-4H3. The van der Waals surface area contributed by atoms with E-state index in [-0.39, 0.29) is 0 Å². The van der Waals surface area contributed by atoms with Crippen molar-refractivity contribution in [3.8, 4) is 0 Å². The Morgan fingerprint density at radius 2 is 1.70 bits per heavy atom. The minimum atomic E-state index is 0.387. The summed E-state index contributed by atoms with van der Waals surface area (Å²) < 4.78 is 0. The van der Waals surface area contributed by atoms with E-state index in [0.717, 1.165) is 29.8 Å². The molecule has 0 aromatic rings. The van der Waals surface area contributed by atoms with E-state index in [1.807, 2.05) is 0 Å². The van der Waals surface area contributed by atoms with Gasteiger partial charge in [0.25, 0.3) is 0 Å². The molecule has 3 fully saturated rings. The van der Waals surface area contributed by atoms with Gasteiger partial charge in [0.15, 0.2) is 0 Å². The van der Waals surface area contributed by atoms with Crippen LogP contribution in [-0.2, 0) is 0 Å². The molecule has 3 aliphatic rings. The third-order valence-electron chi connectivity index (χ3n) is 6.51. The molecule has 1 saturated heterocycles. The topological polar surface area (TPSA) is 15.3 Å². The lowest BCUT2D eigenvalue weighted by Gasteiger charge is -2.51. The first-order chi connectivity index (χ1) is 9.51. The van der Waals surface area contributed by atoms with E-state index in [9.17, 15) is 0 Å². The normalized spacial score (nSPS) is 38.5. The Kier molecular flexibility index (Phi) is 4.16. The van der Waals surface area contributed by atoms with Crippen molar-refractivity contribution in [2.24, 2.45) is 17.8 Å². The summed E-state index contributed by atoms with van der Waals surface area (Å²) in [5, 5.41) is 3.92. The highest BCUT2D eigenvalue weighted by atomic mass is 15.3. The summed E-state index contributed by atoms with van der Waals surface area (Å²) in [6.07, 6.45) is 8.76. The van der Waals surface area contributed by atoms with Crippen LogP contribution >= 0.6 is 0 Å². The van der Waals surface area contributed by atoms with Gasteiger partial charge in [-0.05, 0) is 57.3 Å². The molecule has 0 spiro atoms. The molecule has 1 aliphatic heterocycles. The number of nitrogens with zero attached hydrogens (tertiary/aromatic N) is 1. The van der Waals surface area contributed by atoms with E-state index in [0.29, 0.717) is 5.54 Å². The van der Waals surface area contributed by atoms with E-state index < -0.39 is 0 Å². The summed E-state index contributed by atoms with van der Waals surface area (Å²) in [5.74, 6) is 2.65. The van der Waals surface area contributed by atoms with Crippen LogP contribution in [0, 0.1) is 17.8 Å². The van der Waals surface area contributed by atoms with Gasteiger partial charge in [0.05, 0.1) is 0 Å². The van der Waals surface area contributed by atoms with Crippen molar-refractivity contribution in [2.75, 3.05) is 13.1 Å². The van der Waals surface area contributed by atoms with Crippen LogP contribution in [0.25, 0.3) is 0 Å². The van der Waals surface area contributed by atoms with Crippen LogP contribution in [0.2, 0.25) is 0 Å². The molecule has 3 rings (SSSR count). The van der Waals surface area contributed by atoms with E-state index in [2.05, 4.69) is 37.9 Å². The zero-order valence-electron chi connectivity index (χ0n) is 14.0. The Hall–Kier alpha value is -0.0800. The van der Waals surface area contributed by atoms with Gasteiger partial charge in [-0.15, -0.1) is 0 Å². The van der Waals surface area contributed by atoms with E-state index >= 15 is 0 Å². The van der Waals surface area contributed by atoms with Crippen molar-refractivity contribution >= 4 is 0 Å². The van der Waals surface area contributed by atoms with Gasteiger partial charge in [0, 0.05) is 30.7 Å². The summed E-state index contributed by atoms with van der Waals surface area (Å²) in [6, 6.07) is 1.52. The van der Waals surface area contributed by atoms with Crippen LogP contribution in [-0.4, -0.2) is 35.6 Å². The molecule has 3 atom stereocenters. The lowest BCUT2D eigenvalue weighted by Crippen LogP contribution is -2.67. The summed E-state index contributed by atoms with van der Waals surface area (Å²) in [5.41, 5.74) is 0.387. The fourth-order valence-electron chi connectivity index (χ4n) is 4.78. The average Bonchev–Trinajstić information content (AvgIpc) is 3.14. The molecular formula is C18H34N2. The molecule has 0 amide bonds. The molecule has 0 radical (unpaired) electrons. The first kappa shape index (κ1) is 14.8. The highest BCUT2D eigenvalue weighted by Gasteiger charge is 2.48. The number of piperazine rings is 1. The van der Waals surface area contributed by atoms with Gasteiger partial charge in [-0.3, -0.25) is 4.90 Å². The first-order valence-electron chi connectivity index (χ1n) is 9.02. The second kappa shape index (κ2) is 5.61. The molecular weight excluding hydrogens is 244 g/mol. The van der Waals surface area contributed by atoms with Gasteiger partial charge in [0.1, 0.15) is 0 Å². The number of nitrogens with one attached hydrogen (secondary N) is 1. The largest absolute Gasteiger partial charge is 0.308 e. The lowest BCUT2D eigenvalue weighted by atomic mass is 9.85. The van der Waals surface area contributed by atoms with Crippen LogP contribution in [0.5, 0.6) is 0 Å². The average molecular weight is 278 g/mol. The van der Waals surface area contributed by atoms with Crippen molar-refractivity contribution in [1.82, 2.24) is 10.2 Å². The predicted octanol–water partition coefficient (Wildman–Crippen LogP) is 3.66. The van der Waals surface area contributed by atoms with Gasteiger partial charge in [-0.1, -0.05) is 26.7 Å². The molecule has 2 saturated carbocycles. The number of hydrogen-bond donors (Lipinski definition) is 1. The molecule has 20 heavy (non-hydrogen) atoms. The Bertz CT molecular complexity index is 330. The molecule has 1 heterocycles. The molecule has 0 bridgehead atoms. The second-order valence-corrected chi connectivity index (χ2v) is 8.34. The zero-order valence-corrected chi connectivity index (χ0v) is 14.0. The highest BCUT2D eigenvalue weighted by molar-refractivity contribution is 5.05. The number of rotatable bonds is 4. The predicted molar refractivity (Wildman–Crippen MR) is 85.9 cm³/mol. The molecule has 0 aromatic carbocycles. The third-order valence-corrected chi connectivity index (χ3v) is 6.51. The summed E-state index contributed by atoms with van der Waals surface area (Å²) in [6.45, 7) is 12.3. The second-order valence-electron chi connectivity index (χ2n) is 8.34. The molecule has 2 nitrogen and oxygen atoms in total. The SMILES string of the molecule is CC(C)C1CNC(C)(C2CC2)CN1C(C)C1CCCC1. The van der Waals surface area contributed by atoms with Crippen LogP contribution in [0.3, 0.4) is 0 Å². The summed E-state index contributed by atoms with van der Waals surface area (Å²) in [7, 11) is 0. The molecule has 1 N–H and O–H groups in total. The smallest absolute Gasteiger partial charge is 0.0309 e. The molecule has 116 valence electrons. The maximum absolute atomic E-state index is 3.92. The van der Waals surface area contributed by atoms with Gasteiger partial charge >= 0.3 is 0 Å². The van der Waals surface area contributed by atoms with E-state index in [1.165, 1.54) is 51.6 Å². The fourth-order valence-corrected chi connectivity index (χ4v) is 4.78. The van der Waals surface area contributed by atoms with Crippen LogP contribution in [0.1, 0.15) is 66.2 Å². The first-order valence-corrected chi connectivity index (χ1v) is 9.02. The lowest BCUT2D eigenvalue weighted by molar-refractivity contribution is 0.00525.